The number of hydrogen-bond donors (Lipinski definition) is 1. The first-order valence-electron chi connectivity index (χ1n) is 8.57. The molecule has 0 saturated carbocycles. The van der Waals surface area contributed by atoms with Crippen LogP contribution in [0.1, 0.15) is 52.6 Å². The van der Waals surface area contributed by atoms with E-state index in [0.29, 0.717) is 11.8 Å². The Labute approximate surface area is 173 Å². The van der Waals surface area contributed by atoms with Crippen LogP contribution in [-0.4, -0.2) is 33.2 Å². The maximum absolute atomic E-state index is 12.6. The standard InChI is InChI=1S/C18H26O8S2/c1-10-12(25-15(21)24-10)8-23-16(22)28-18(5,6)13(19)7-11(9-27)14(20)26-17(2,3)4/h11,27H,7-9H2,1-6H3/t11-/m0/s1. The van der Waals surface area contributed by atoms with E-state index in [1.165, 1.54) is 6.92 Å². The van der Waals surface area contributed by atoms with E-state index in [0.717, 1.165) is 0 Å². The highest BCUT2D eigenvalue weighted by Crippen LogP contribution is 2.31. The van der Waals surface area contributed by atoms with Crippen molar-refractivity contribution in [1.29, 1.82) is 0 Å². The Balaban J connectivity index is 2.64. The van der Waals surface area contributed by atoms with E-state index in [9.17, 15) is 19.2 Å². The summed E-state index contributed by atoms with van der Waals surface area (Å²) in [5, 5.41) is -0.721. The molecule has 0 aliphatic carbocycles. The lowest BCUT2D eigenvalue weighted by Gasteiger charge is -2.26. The predicted molar refractivity (Wildman–Crippen MR) is 107 cm³/mol. The number of rotatable bonds is 8. The zero-order chi connectivity index (χ0) is 21.7. The minimum absolute atomic E-state index is 0.100. The van der Waals surface area contributed by atoms with Gasteiger partial charge in [0.05, 0.1) is 10.7 Å². The molecule has 0 aliphatic heterocycles. The topological polar surface area (TPSA) is 113 Å². The first kappa shape index (κ1) is 24.4. The van der Waals surface area contributed by atoms with Crippen molar-refractivity contribution in [3.05, 3.63) is 22.1 Å². The Bertz CT molecular complexity index is 769. The number of esters is 1. The zero-order valence-electron chi connectivity index (χ0n) is 16.8. The van der Waals surface area contributed by atoms with Crippen LogP contribution in [0.15, 0.2) is 13.6 Å². The van der Waals surface area contributed by atoms with Gasteiger partial charge in [-0.1, -0.05) is 0 Å². The summed E-state index contributed by atoms with van der Waals surface area (Å²) in [7, 11) is 0. The van der Waals surface area contributed by atoms with E-state index in [4.69, 9.17) is 13.9 Å². The highest BCUT2D eigenvalue weighted by atomic mass is 32.2. The number of carbonyl (C=O) groups excluding carboxylic acids is 3. The van der Waals surface area contributed by atoms with Gasteiger partial charge >= 0.3 is 17.1 Å². The summed E-state index contributed by atoms with van der Waals surface area (Å²) in [5.41, 5.74) is -0.671. The molecule has 0 aliphatic rings. The van der Waals surface area contributed by atoms with Crippen molar-refractivity contribution in [1.82, 2.24) is 0 Å². The van der Waals surface area contributed by atoms with E-state index in [2.05, 4.69) is 17.0 Å². The number of hydrogen-bond acceptors (Lipinski definition) is 10. The Hall–Kier alpha value is -1.68. The van der Waals surface area contributed by atoms with Crippen LogP contribution < -0.4 is 5.82 Å². The van der Waals surface area contributed by atoms with Crippen LogP contribution in [0.2, 0.25) is 0 Å². The molecular formula is C18H26O8S2. The zero-order valence-corrected chi connectivity index (χ0v) is 18.5. The fourth-order valence-electron chi connectivity index (χ4n) is 2.00. The van der Waals surface area contributed by atoms with Crippen LogP contribution in [0.3, 0.4) is 0 Å². The SMILES string of the molecule is Cc1oc(=O)oc1COC(=O)SC(C)(C)C(=O)C[C@@H](CS)C(=O)OC(C)(C)C. The van der Waals surface area contributed by atoms with Crippen LogP contribution in [0.5, 0.6) is 0 Å². The fourth-order valence-corrected chi connectivity index (χ4v) is 3.01. The van der Waals surface area contributed by atoms with Gasteiger partial charge in [0.25, 0.3) is 0 Å². The minimum atomic E-state index is -1.13. The van der Waals surface area contributed by atoms with Crippen LogP contribution >= 0.6 is 24.4 Å². The van der Waals surface area contributed by atoms with Gasteiger partial charge in [0.2, 0.25) is 0 Å². The van der Waals surface area contributed by atoms with Crippen molar-refractivity contribution in [3.63, 3.8) is 0 Å². The number of ketones is 1. The molecule has 158 valence electrons. The molecule has 8 nitrogen and oxygen atoms in total. The third-order valence-electron chi connectivity index (χ3n) is 3.56. The summed E-state index contributed by atoms with van der Waals surface area (Å²) in [5.74, 6) is -1.96. The van der Waals surface area contributed by atoms with Crippen molar-refractivity contribution in [2.75, 3.05) is 5.75 Å². The molecule has 1 aromatic rings. The van der Waals surface area contributed by atoms with Gasteiger partial charge in [-0.15, -0.1) is 0 Å². The number of aryl methyl sites for hydroxylation is 1. The summed E-state index contributed by atoms with van der Waals surface area (Å²) in [4.78, 5) is 47.9. The number of carbonyl (C=O) groups is 3. The van der Waals surface area contributed by atoms with Crippen LogP contribution in [0, 0.1) is 12.8 Å². The monoisotopic (exact) mass is 434 g/mol. The summed E-state index contributed by atoms with van der Waals surface area (Å²) in [6.45, 7) is 9.56. The van der Waals surface area contributed by atoms with Crippen molar-refractivity contribution in [2.45, 2.75) is 64.9 Å². The van der Waals surface area contributed by atoms with E-state index >= 15 is 0 Å². The van der Waals surface area contributed by atoms with Crippen molar-refractivity contribution < 1.29 is 32.7 Å². The second-order valence-corrected chi connectivity index (χ2v) is 9.55. The number of Topliss-reactive ketones (excluding diaryl/α,β-unsaturated/α-hetero) is 1. The van der Waals surface area contributed by atoms with Gasteiger partial charge in [-0.2, -0.15) is 12.6 Å². The van der Waals surface area contributed by atoms with Gasteiger partial charge in [0, 0.05) is 12.2 Å². The molecule has 0 amide bonds. The lowest BCUT2D eigenvalue weighted by atomic mass is 9.97. The molecule has 1 rings (SSSR count). The van der Waals surface area contributed by atoms with E-state index < -0.39 is 33.4 Å². The lowest BCUT2D eigenvalue weighted by molar-refractivity contribution is -0.160. The van der Waals surface area contributed by atoms with Crippen LogP contribution in [-0.2, 0) is 25.7 Å². The van der Waals surface area contributed by atoms with E-state index in [1.807, 2.05) is 0 Å². The van der Waals surface area contributed by atoms with Crippen molar-refractivity contribution in [2.24, 2.45) is 5.92 Å². The van der Waals surface area contributed by atoms with Gasteiger partial charge in [-0.3, -0.25) is 9.59 Å². The number of ether oxygens (including phenoxy) is 2. The third kappa shape index (κ3) is 7.75. The molecule has 1 atom stereocenters. The summed E-state index contributed by atoms with van der Waals surface area (Å²) in [6, 6.07) is 0. The summed E-state index contributed by atoms with van der Waals surface area (Å²) >= 11 is 4.82. The number of thioether (sulfide) groups is 1. The van der Waals surface area contributed by atoms with Gasteiger partial charge in [0.15, 0.2) is 18.1 Å². The molecule has 1 heterocycles. The maximum atomic E-state index is 12.6. The summed E-state index contributed by atoms with van der Waals surface area (Å²) < 4.78 is 18.6. The molecule has 1 aromatic heterocycles. The highest BCUT2D eigenvalue weighted by molar-refractivity contribution is 8.15. The van der Waals surface area contributed by atoms with E-state index in [1.54, 1.807) is 34.6 Å². The largest absolute Gasteiger partial charge is 0.519 e. The average Bonchev–Trinajstić information content (AvgIpc) is 2.85. The van der Waals surface area contributed by atoms with Crippen molar-refractivity contribution in [3.8, 4) is 0 Å². The average molecular weight is 435 g/mol. The molecule has 0 saturated heterocycles. The van der Waals surface area contributed by atoms with Gasteiger partial charge in [0.1, 0.15) is 11.4 Å². The Morgan fingerprint density at radius 1 is 1.14 bits per heavy atom. The van der Waals surface area contributed by atoms with Crippen molar-refractivity contribution >= 4 is 41.4 Å². The smallest absolute Gasteiger partial charge is 0.460 e. The quantitative estimate of drug-likeness (QED) is 0.485. The Morgan fingerprint density at radius 3 is 2.21 bits per heavy atom. The molecule has 28 heavy (non-hydrogen) atoms. The lowest BCUT2D eigenvalue weighted by Crippen LogP contribution is -2.36. The second kappa shape index (κ2) is 9.69. The molecule has 0 unspecified atom stereocenters. The predicted octanol–water partition coefficient (Wildman–Crippen LogP) is 3.54. The Morgan fingerprint density at radius 2 is 1.75 bits per heavy atom. The maximum Gasteiger partial charge on any atom is 0.519 e. The van der Waals surface area contributed by atoms with Gasteiger partial charge in [-0.25, -0.2) is 9.59 Å². The second-order valence-electron chi connectivity index (χ2n) is 7.62. The summed E-state index contributed by atoms with van der Waals surface area (Å²) in [6.07, 6.45) is -0.110. The Kier molecular flexibility index (Phi) is 8.43. The minimum Gasteiger partial charge on any atom is -0.460 e. The molecule has 0 spiro atoms. The van der Waals surface area contributed by atoms with Gasteiger partial charge < -0.3 is 18.3 Å². The van der Waals surface area contributed by atoms with Crippen LogP contribution in [0.25, 0.3) is 0 Å². The number of thiol groups is 1. The molecule has 0 N–H and O–H groups in total. The molecule has 0 aromatic carbocycles. The normalized spacial score (nSPS) is 13.1. The molecule has 0 radical (unpaired) electrons. The highest BCUT2D eigenvalue weighted by Gasteiger charge is 2.36. The third-order valence-corrected chi connectivity index (χ3v) is 5.02. The molecule has 0 bridgehead atoms. The van der Waals surface area contributed by atoms with Crippen LogP contribution in [0.4, 0.5) is 4.79 Å². The molecular weight excluding hydrogens is 408 g/mol. The first-order valence-corrected chi connectivity index (χ1v) is 10.0. The van der Waals surface area contributed by atoms with Gasteiger partial charge in [-0.05, 0) is 53.3 Å². The molecule has 0 fully saturated rings. The van der Waals surface area contributed by atoms with E-state index in [-0.39, 0.29) is 36.1 Å². The fraction of sp³-hybridized carbons (Fsp3) is 0.667. The molecule has 10 heteroatoms. The first-order chi connectivity index (χ1) is 12.7.